The van der Waals surface area contributed by atoms with Crippen LogP contribution in [0.1, 0.15) is 44.5 Å². The second-order valence-corrected chi connectivity index (χ2v) is 6.61. The Hall–Kier alpha value is -2.21. The molecule has 0 spiro atoms. The predicted molar refractivity (Wildman–Crippen MR) is 89.1 cm³/mol. The summed E-state index contributed by atoms with van der Waals surface area (Å²) in [5, 5.41) is 7.36. The van der Waals surface area contributed by atoms with Gasteiger partial charge in [-0.3, -0.25) is 9.89 Å². The first-order valence-electron chi connectivity index (χ1n) is 8.66. The molecule has 2 saturated heterocycles. The number of ether oxygens (including phenoxy) is 1. The molecule has 0 aliphatic carbocycles. The predicted octanol–water partition coefficient (Wildman–Crippen LogP) is 2.70. The molecule has 3 atom stereocenters. The highest BCUT2D eigenvalue weighted by Crippen LogP contribution is 2.33. The molecule has 126 valence electrons. The quantitative estimate of drug-likeness (QED) is 0.941. The van der Waals surface area contributed by atoms with Crippen molar-refractivity contribution in [2.75, 3.05) is 6.54 Å². The first-order valence-corrected chi connectivity index (χ1v) is 8.66. The number of benzene rings is 1. The number of nitrogens with zero attached hydrogens (tertiary/aromatic N) is 3. The lowest BCUT2D eigenvalue weighted by atomic mass is 10.1. The van der Waals surface area contributed by atoms with E-state index in [4.69, 9.17) is 4.74 Å². The van der Waals surface area contributed by atoms with Crippen molar-refractivity contribution in [2.24, 2.45) is 0 Å². The van der Waals surface area contributed by atoms with Crippen molar-refractivity contribution in [2.45, 2.75) is 50.9 Å². The minimum absolute atomic E-state index is 0.0260. The van der Waals surface area contributed by atoms with Gasteiger partial charge >= 0.3 is 0 Å². The van der Waals surface area contributed by atoms with Crippen LogP contribution >= 0.6 is 0 Å². The Morgan fingerprint density at radius 2 is 2.08 bits per heavy atom. The SMILES string of the molecule is C[C@@H]1CC[C@@H](C(=O)N2CCC[C@@H]2c2nc(-c3ccccc3)n[nH]2)O1. The number of aromatic amines is 1. The summed E-state index contributed by atoms with van der Waals surface area (Å²) in [6.45, 7) is 2.79. The lowest BCUT2D eigenvalue weighted by Crippen LogP contribution is -2.39. The molecule has 0 bridgehead atoms. The Bertz CT molecular complexity index is 715. The standard InChI is InChI=1S/C18H22N4O2/c1-12-9-10-15(24-12)18(23)22-11-5-8-14(22)17-19-16(20-21-17)13-6-3-2-4-7-13/h2-4,6-7,12,14-15H,5,8-11H2,1H3,(H,19,20,21)/t12-,14-,15+/m1/s1. The van der Waals surface area contributed by atoms with Crippen molar-refractivity contribution in [3.8, 4) is 11.4 Å². The van der Waals surface area contributed by atoms with Gasteiger partial charge < -0.3 is 9.64 Å². The molecular formula is C18H22N4O2. The zero-order valence-corrected chi connectivity index (χ0v) is 13.8. The van der Waals surface area contributed by atoms with Crippen LogP contribution in [0.2, 0.25) is 0 Å². The second kappa shape index (κ2) is 6.36. The van der Waals surface area contributed by atoms with Gasteiger partial charge in [0.1, 0.15) is 11.9 Å². The van der Waals surface area contributed by atoms with Crippen molar-refractivity contribution in [3.63, 3.8) is 0 Å². The van der Waals surface area contributed by atoms with Gasteiger partial charge in [0.2, 0.25) is 0 Å². The summed E-state index contributed by atoms with van der Waals surface area (Å²) in [5.41, 5.74) is 0.976. The topological polar surface area (TPSA) is 71.1 Å². The van der Waals surface area contributed by atoms with Crippen LogP contribution < -0.4 is 0 Å². The van der Waals surface area contributed by atoms with Gasteiger partial charge in [0.25, 0.3) is 5.91 Å². The molecular weight excluding hydrogens is 304 g/mol. The highest BCUT2D eigenvalue weighted by molar-refractivity contribution is 5.81. The monoisotopic (exact) mass is 326 g/mol. The summed E-state index contributed by atoms with van der Waals surface area (Å²) in [4.78, 5) is 19.3. The molecule has 24 heavy (non-hydrogen) atoms. The second-order valence-electron chi connectivity index (χ2n) is 6.61. The van der Waals surface area contributed by atoms with E-state index in [9.17, 15) is 4.79 Å². The fourth-order valence-corrected chi connectivity index (χ4v) is 3.62. The summed E-state index contributed by atoms with van der Waals surface area (Å²) in [6.07, 6.45) is 3.55. The molecule has 2 aromatic rings. The van der Waals surface area contributed by atoms with Crippen molar-refractivity contribution < 1.29 is 9.53 Å². The maximum absolute atomic E-state index is 12.8. The van der Waals surface area contributed by atoms with Crippen molar-refractivity contribution in [3.05, 3.63) is 36.2 Å². The van der Waals surface area contributed by atoms with Crippen LogP contribution in [-0.4, -0.2) is 44.7 Å². The highest BCUT2D eigenvalue weighted by Gasteiger charge is 2.38. The number of aromatic nitrogens is 3. The summed E-state index contributed by atoms with van der Waals surface area (Å²) in [6, 6.07) is 9.85. The maximum Gasteiger partial charge on any atom is 0.252 e. The van der Waals surface area contributed by atoms with Crippen molar-refractivity contribution >= 4 is 5.91 Å². The molecule has 2 aliphatic rings. The van der Waals surface area contributed by atoms with Crippen molar-refractivity contribution in [1.29, 1.82) is 0 Å². The van der Waals surface area contributed by atoms with Crippen molar-refractivity contribution in [1.82, 2.24) is 20.1 Å². The summed E-state index contributed by atoms with van der Waals surface area (Å²) in [5.74, 6) is 1.54. The van der Waals surface area contributed by atoms with Crippen LogP contribution in [0.25, 0.3) is 11.4 Å². The average molecular weight is 326 g/mol. The number of amides is 1. The summed E-state index contributed by atoms with van der Waals surface area (Å²) < 4.78 is 5.76. The van der Waals surface area contributed by atoms with E-state index in [0.717, 1.165) is 43.6 Å². The number of hydrogen-bond donors (Lipinski definition) is 1. The first-order chi connectivity index (χ1) is 11.7. The minimum Gasteiger partial charge on any atom is -0.365 e. The normalized spacial score (nSPS) is 26.9. The molecule has 4 rings (SSSR count). The summed E-state index contributed by atoms with van der Waals surface area (Å²) >= 11 is 0. The molecule has 1 N–H and O–H groups in total. The van der Waals surface area contributed by atoms with Crippen LogP contribution in [0.15, 0.2) is 30.3 Å². The van der Waals surface area contributed by atoms with Gasteiger partial charge in [0.15, 0.2) is 5.82 Å². The first kappa shape index (κ1) is 15.3. The summed E-state index contributed by atoms with van der Waals surface area (Å²) in [7, 11) is 0. The van der Waals surface area contributed by atoms with Crippen LogP contribution in [-0.2, 0) is 9.53 Å². The maximum atomic E-state index is 12.8. The van der Waals surface area contributed by atoms with E-state index < -0.39 is 0 Å². The molecule has 1 aromatic carbocycles. The van der Waals surface area contributed by atoms with Crippen LogP contribution in [0.5, 0.6) is 0 Å². The van der Waals surface area contributed by atoms with Gasteiger partial charge in [-0.2, -0.15) is 5.10 Å². The lowest BCUT2D eigenvalue weighted by molar-refractivity contribution is -0.143. The smallest absolute Gasteiger partial charge is 0.252 e. The minimum atomic E-state index is -0.294. The van der Waals surface area contributed by atoms with Gasteiger partial charge in [0.05, 0.1) is 12.1 Å². The third-order valence-electron chi connectivity index (χ3n) is 4.89. The number of nitrogens with one attached hydrogen (secondary N) is 1. The van der Waals surface area contributed by atoms with Crippen LogP contribution in [0, 0.1) is 0 Å². The van der Waals surface area contributed by atoms with E-state index in [1.165, 1.54) is 0 Å². The Balaban J connectivity index is 1.53. The van der Waals surface area contributed by atoms with Gasteiger partial charge in [-0.15, -0.1) is 0 Å². The molecule has 6 heteroatoms. The molecule has 2 fully saturated rings. The molecule has 1 aromatic heterocycles. The Morgan fingerprint density at radius 3 is 2.83 bits per heavy atom. The van der Waals surface area contributed by atoms with E-state index in [1.54, 1.807) is 0 Å². The third kappa shape index (κ3) is 2.82. The zero-order valence-electron chi connectivity index (χ0n) is 13.8. The lowest BCUT2D eigenvalue weighted by Gasteiger charge is -2.25. The average Bonchev–Trinajstić information content (AvgIpc) is 3.34. The van der Waals surface area contributed by atoms with E-state index in [-0.39, 0.29) is 24.2 Å². The number of H-pyrrole nitrogens is 1. The zero-order chi connectivity index (χ0) is 16.5. The molecule has 0 saturated carbocycles. The Labute approximate surface area is 141 Å². The van der Waals surface area contributed by atoms with Gasteiger partial charge in [-0.25, -0.2) is 4.98 Å². The van der Waals surface area contributed by atoms with Gasteiger partial charge in [-0.1, -0.05) is 30.3 Å². The number of rotatable bonds is 3. The fourth-order valence-electron chi connectivity index (χ4n) is 3.62. The molecule has 2 aliphatic heterocycles. The van der Waals surface area contributed by atoms with Gasteiger partial charge in [0, 0.05) is 12.1 Å². The Morgan fingerprint density at radius 1 is 1.25 bits per heavy atom. The van der Waals surface area contributed by atoms with E-state index in [1.807, 2.05) is 42.2 Å². The fraction of sp³-hybridized carbons (Fsp3) is 0.500. The van der Waals surface area contributed by atoms with E-state index >= 15 is 0 Å². The van der Waals surface area contributed by atoms with E-state index in [2.05, 4.69) is 15.2 Å². The van der Waals surface area contributed by atoms with Gasteiger partial charge in [-0.05, 0) is 32.6 Å². The number of carbonyl (C=O) groups is 1. The molecule has 0 radical (unpaired) electrons. The number of carbonyl (C=O) groups excluding carboxylic acids is 1. The number of likely N-dealkylation sites (tertiary alicyclic amines) is 1. The molecule has 6 nitrogen and oxygen atoms in total. The Kier molecular flexibility index (Phi) is 4.06. The largest absolute Gasteiger partial charge is 0.365 e. The molecule has 3 heterocycles. The van der Waals surface area contributed by atoms with Crippen LogP contribution in [0.4, 0.5) is 0 Å². The highest BCUT2D eigenvalue weighted by atomic mass is 16.5. The number of hydrogen-bond acceptors (Lipinski definition) is 4. The third-order valence-corrected chi connectivity index (χ3v) is 4.89. The molecule has 0 unspecified atom stereocenters. The molecule has 1 amide bonds. The van der Waals surface area contributed by atoms with Crippen LogP contribution in [0.3, 0.4) is 0 Å². The van der Waals surface area contributed by atoms with E-state index in [0.29, 0.717) is 5.82 Å².